The predicted molar refractivity (Wildman–Crippen MR) is 89.7 cm³/mol. The lowest BCUT2D eigenvalue weighted by Gasteiger charge is -2.27. The zero-order valence-corrected chi connectivity index (χ0v) is 14.0. The summed E-state index contributed by atoms with van der Waals surface area (Å²) in [5.74, 6) is -2.39. The molecule has 0 spiro atoms. The Morgan fingerprint density at radius 3 is 2.50 bits per heavy atom. The molecule has 0 saturated carbocycles. The van der Waals surface area contributed by atoms with Gasteiger partial charge < -0.3 is 4.74 Å². The predicted octanol–water partition coefficient (Wildman–Crippen LogP) is 6.09. The van der Waals surface area contributed by atoms with Crippen LogP contribution in [-0.4, -0.2) is 0 Å². The Morgan fingerprint density at radius 2 is 1.67 bits per heavy atom. The highest BCUT2D eigenvalue weighted by molar-refractivity contribution is 9.10. The SMILES string of the molecule is Fc1cc(F)c(C2CCc3c(ccc4ccc(Br)cc34)O2)cc1F. The van der Waals surface area contributed by atoms with Crippen molar-refractivity contribution in [2.75, 3.05) is 0 Å². The van der Waals surface area contributed by atoms with Crippen LogP contribution in [0.15, 0.2) is 46.9 Å². The Hall–Kier alpha value is -2.01. The van der Waals surface area contributed by atoms with Crippen LogP contribution in [-0.2, 0) is 6.42 Å². The molecule has 4 rings (SSSR count). The molecule has 0 saturated heterocycles. The Morgan fingerprint density at radius 1 is 0.917 bits per heavy atom. The highest BCUT2D eigenvalue weighted by atomic mass is 79.9. The van der Waals surface area contributed by atoms with Crippen molar-refractivity contribution in [1.29, 1.82) is 0 Å². The number of aryl methyl sites for hydroxylation is 1. The van der Waals surface area contributed by atoms with Crippen molar-refractivity contribution >= 4 is 26.7 Å². The van der Waals surface area contributed by atoms with E-state index >= 15 is 0 Å². The fourth-order valence-electron chi connectivity index (χ4n) is 3.19. The first-order chi connectivity index (χ1) is 11.5. The van der Waals surface area contributed by atoms with Crippen LogP contribution >= 0.6 is 15.9 Å². The second-order valence-electron chi connectivity index (χ2n) is 5.84. The largest absolute Gasteiger partial charge is 0.485 e. The van der Waals surface area contributed by atoms with E-state index < -0.39 is 23.6 Å². The second kappa shape index (κ2) is 5.81. The van der Waals surface area contributed by atoms with Crippen LogP contribution in [0.5, 0.6) is 5.75 Å². The van der Waals surface area contributed by atoms with Gasteiger partial charge in [-0.05, 0) is 47.9 Å². The maximum atomic E-state index is 14.0. The van der Waals surface area contributed by atoms with Gasteiger partial charge in [0.1, 0.15) is 17.7 Å². The molecule has 1 atom stereocenters. The third kappa shape index (κ3) is 2.57. The maximum Gasteiger partial charge on any atom is 0.161 e. The van der Waals surface area contributed by atoms with E-state index in [9.17, 15) is 13.2 Å². The smallest absolute Gasteiger partial charge is 0.161 e. The summed E-state index contributed by atoms with van der Waals surface area (Å²) < 4.78 is 47.4. The summed E-state index contributed by atoms with van der Waals surface area (Å²) in [5.41, 5.74) is 1.10. The van der Waals surface area contributed by atoms with Crippen molar-refractivity contribution in [2.24, 2.45) is 0 Å². The molecule has 0 N–H and O–H groups in total. The van der Waals surface area contributed by atoms with Gasteiger partial charge in [0.05, 0.1) is 0 Å². The third-order valence-electron chi connectivity index (χ3n) is 4.36. The zero-order valence-electron chi connectivity index (χ0n) is 12.5. The summed E-state index contributed by atoms with van der Waals surface area (Å²) in [5, 5.41) is 2.17. The number of hydrogen-bond donors (Lipinski definition) is 0. The number of halogens is 4. The molecule has 3 aromatic carbocycles. The number of benzene rings is 3. The van der Waals surface area contributed by atoms with Crippen molar-refractivity contribution in [2.45, 2.75) is 18.9 Å². The molecule has 0 amide bonds. The van der Waals surface area contributed by atoms with E-state index in [-0.39, 0.29) is 5.56 Å². The van der Waals surface area contributed by atoms with Gasteiger partial charge in [-0.15, -0.1) is 0 Å². The molecule has 1 nitrogen and oxygen atoms in total. The van der Waals surface area contributed by atoms with Gasteiger partial charge in [-0.2, -0.15) is 0 Å². The zero-order chi connectivity index (χ0) is 16.8. The molecule has 5 heteroatoms. The monoisotopic (exact) mass is 392 g/mol. The number of fused-ring (bicyclic) bond motifs is 3. The molecule has 0 radical (unpaired) electrons. The van der Waals surface area contributed by atoms with Crippen molar-refractivity contribution in [3.8, 4) is 5.75 Å². The Balaban J connectivity index is 1.76. The fraction of sp³-hybridized carbons (Fsp3) is 0.158. The van der Waals surface area contributed by atoms with Crippen LogP contribution in [0.3, 0.4) is 0 Å². The second-order valence-corrected chi connectivity index (χ2v) is 6.76. The molecule has 0 fully saturated rings. The Labute approximate surface area is 145 Å². The summed E-state index contributed by atoms with van der Waals surface area (Å²) in [6.07, 6.45) is 0.546. The Kier molecular flexibility index (Phi) is 3.76. The normalized spacial score (nSPS) is 16.8. The van der Waals surface area contributed by atoms with Gasteiger partial charge >= 0.3 is 0 Å². The lowest BCUT2D eigenvalue weighted by atomic mass is 9.93. The lowest BCUT2D eigenvalue weighted by molar-refractivity contribution is 0.172. The summed E-state index contributed by atoms with van der Waals surface area (Å²) in [6, 6.07) is 11.2. The first-order valence-electron chi connectivity index (χ1n) is 7.55. The van der Waals surface area contributed by atoms with Gasteiger partial charge in [0.2, 0.25) is 0 Å². The van der Waals surface area contributed by atoms with Crippen LogP contribution in [0.2, 0.25) is 0 Å². The van der Waals surface area contributed by atoms with Crippen molar-refractivity contribution in [3.63, 3.8) is 0 Å². The van der Waals surface area contributed by atoms with Gasteiger partial charge in [0.25, 0.3) is 0 Å². The number of ether oxygens (including phenoxy) is 1. The van der Waals surface area contributed by atoms with Crippen LogP contribution < -0.4 is 4.74 Å². The van der Waals surface area contributed by atoms with E-state index in [1.54, 1.807) is 0 Å². The van der Waals surface area contributed by atoms with E-state index in [1.807, 2.05) is 30.3 Å². The molecular weight excluding hydrogens is 381 g/mol. The molecule has 24 heavy (non-hydrogen) atoms. The minimum Gasteiger partial charge on any atom is -0.485 e. The van der Waals surface area contributed by atoms with Gasteiger partial charge in [0.15, 0.2) is 11.6 Å². The molecule has 0 aromatic heterocycles. The molecule has 1 heterocycles. The van der Waals surface area contributed by atoms with Crippen LogP contribution in [0, 0.1) is 17.5 Å². The van der Waals surface area contributed by atoms with E-state index in [2.05, 4.69) is 15.9 Å². The van der Waals surface area contributed by atoms with E-state index in [0.717, 1.165) is 26.9 Å². The molecular formula is C19H12BrF3O. The highest BCUT2D eigenvalue weighted by Crippen LogP contribution is 2.40. The number of hydrogen-bond acceptors (Lipinski definition) is 1. The fourth-order valence-corrected chi connectivity index (χ4v) is 3.55. The summed E-state index contributed by atoms with van der Waals surface area (Å²) >= 11 is 3.47. The minimum atomic E-state index is -1.19. The average Bonchev–Trinajstić information content (AvgIpc) is 2.57. The standard InChI is InChI=1S/C19H12BrF3O/c20-11-3-1-10-2-5-18-12(13(10)7-11)4-6-19(24-18)14-8-16(22)17(23)9-15(14)21/h1-3,5,7-9,19H,4,6H2. The van der Waals surface area contributed by atoms with Gasteiger partial charge in [-0.3, -0.25) is 0 Å². The van der Waals surface area contributed by atoms with Crippen LogP contribution in [0.1, 0.15) is 23.7 Å². The minimum absolute atomic E-state index is 0.0499. The summed E-state index contributed by atoms with van der Waals surface area (Å²) in [6.45, 7) is 0. The first-order valence-corrected chi connectivity index (χ1v) is 8.34. The van der Waals surface area contributed by atoms with Crippen LogP contribution in [0.4, 0.5) is 13.2 Å². The summed E-state index contributed by atoms with van der Waals surface area (Å²) in [7, 11) is 0. The molecule has 3 aromatic rings. The molecule has 1 unspecified atom stereocenters. The van der Waals surface area contributed by atoms with E-state index in [4.69, 9.17) is 4.74 Å². The van der Waals surface area contributed by atoms with Crippen molar-refractivity contribution < 1.29 is 17.9 Å². The molecule has 1 aliphatic rings. The first kappa shape index (κ1) is 15.5. The molecule has 0 bridgehead atoms. The van der Waals surface area contributed by atoms with E-state index in [0.29, 0.717) is 24.7 Å². The van der Waals surface area contributed by atoms with Gasteiger partial charge in [-0.25, -0.2) is 13.2 Å². The molecule has 122 valence electrons. The highest BCUT2D eigenvalue weighted by Gasteiger charge is 2.26. The van der Waals surface area contributed by atoms with Crippen molar-refractivity contribution in [3.05, 3.63) is 75.5 Å². The van der Waals surface area contributed by atoms with Crippen LogP contribution in [0.25, 0.3) is 10.8 Å². The molecule has 1 aliphatic heterocycles. The average molecular weight is 393 g/mol. The van der Waals surface area contributed by atoms with E-state index in [1.165, 1.54) is 0 Å². The lowest BCUT2D eigenvalue weighted by Crippen LogP contribution is -2.17. The number of rotatable bonds is 1. The molecule has 0 aliphatic carbocycles. The third-order valence-corrected chi connectivity index (χ3v) is 4.86. The Bertz CT molecular complexity index is 955. The topological polar surface area (TPSA) is 9.23 Å². The van der Waals surface area contributed by atoms with Crippen molar-refractivity contribution in [1.82, 2.24) is 0 Å². The quantitative estimate of drug-likeness (QED) is 0.455. The van der Waals surface area contributed by atoms with Gasteiger partial charge in [-0.1, -0.05) is 28.1 Å². The summed E-state index contributed by atoms with van der Waals surface area (Å²) in [4.78, 5) is 0. The van der Waals surface area contributed by atoms with Gasteiger partial charge in [0, 0.05) is 21.7 Å². The maximum absolute atomic E-state index is 14.0.